The molecule has 1 aliphatic rings. The number of aliphatic hydroxyl groups is 1. The number of carbonyl (C=O) groups excluding carboxylic acids is 1. The Balaban J connectivity index is 1.60. The fraction of sp³-hybridized carbons (Fsp3) is 0.438. The van der Waals surface area contributed by atoms with E-state index < -0.39 is 6.10 Å². The van der Waals surface area contributed by atoms with E-state index in [-0.39, 0.29) is 12.1 Å². The number of nitrogens with one attached hydrogen (secondary N) is 2. The smallest absolute Gasteiger partial charge is 0.320 e. The molecular weight excluding hydrogens is 294 g/mol. The molecule has 2 aromatic rings. The summed E-state index contributed by atoms with van der Waals surface area (Å²) in [7, 11) is 0. The largest absolute Gasteiger partial charge is 0.391 e. The van der Waals surface area contributed by atoms with Crippen LogP contribution in [0.4, 0.5) is 10.6 Å². The molecule has 3 rings (SSSR count). The lowest BCUT2D eigenvalue weighted by atomic mass is 9.93. The fourth-order valence-corrected chi connectivity index (χ4v) is 2.81. The highest BCUT2D eigenvalue weighted by Crippen LogP contribution is 2.18. The van der Waals surface area contributed by atoms with Gasteiger partial charge in [0.2, 0.25) is 0 Å². The quantitative estimate of drug-likeness (QED) is 0.801. The van der Waals surface area contributed by atoms with Crippen molar-refractivity contribution in [1.82, 2.24) is 20.1 Å². The van der Waals surface area contributed by atoms with Crippen LogP contribution in [0.5, 0.6) is 0 Å². The Morgan fingerprint density at radius 1 is 1.26 bits per heavy atom. The van der Waals surface area contributed by atoms with E-state index in [1.807, 2.05) is 18.2 Å². The van der Waals surface area contributed by atoms with E-state index in [1.54, 1.807) is 23.1 Å². The first-order chi connectivity index (χ1) is 11.2. The fourth-order valence-electron chi connectivity index (χ4n) is 2.81. The minimum atomic E-state index is -0.465. The van der Waals surface area contributed by atoms with E-state index in [1.165, 1.54) is 0 Å². The molecular formula is C16H21N5O2. The van der Waals surface area contributed by atoms with Crippen molar-refractivity contribution in [3.8, 4) is 0 Å². The lowest BCUT2D eigenvalue weighted by Crippen LogP contribution is -2.46. The van der Waals surface area contributed by atoms with E-state index in [0.29, 0.717) is 12.4 Å². The Hall–Kier alpha value is -2.41. The third-order valence-electron chi connectivity index (χ3n) is 4.04. The molecule has 1 saturated carbocycles. The molecule has 2 unspecified atom stereocenters. The van der Waals surface area contributed by atoms with Crippen molar-refractivity contribution in [2.24, 2.45) is 0 Å². The van der Waals surface area contributed by atoms with Crippen LogP contribution in [0.1, 0.15) is 31.4 Å². The van der Waals surface area contributed by atoms with Crippen LogP contribution in [0.2, 0.25) is 0 Å². The van der Waals surface area contributed by atoms with Crippen LogP contribution in [0, 0.1) is 0 Å². The first kappa shape index (κ1) is 15.5. The van der Waals surface area contributed by atoms with Crippen molar-refractivity contribution < 1.29 is 9.90 Å². The van der Waals surface area contributed by atoms with Gasteiger partial charge in [0.25, 0.3) is 0 Å². The van der Waals surface area contributed by atoms with Crippen LogP contribution >= 0.6 is 0 Å². The molecule has 0 aliphatic heterocycles. The number of carbonyl (C=O) groups is 1. The van der Waals surface area contributed by atoms with Gasteiger partial charge in [-0.3, -0.25) is 10.3 Å². The molecule has 0 radical (unpaired) electrons. The number of aromatic nitrogens is 3. The molecule has 122 valence electrons. The monoisotopic (exact) mass is 315 g/mol. The predicted molar refractivity (Wildman–Crippen MR) is 86.0 cm³/mol. The standard InChI is InChI=1S/C16H21N5O2/c22-14-7-2-1-6-13(14)19-16(23)20-15-8-10-18-21(15)11-12-5-3-4-9-17-12/h3-5,8-10,13-14,22H,1-2,6-7,11H2,(H2,19,20,23). The molecule has 2 heterocycles. The molecule has 2 aromatic heterocycles. The minimum absolute atomic E-state index is 0.184. The van der Waals surface area contributed by atoms with Gasteiger partial charge < -0.3 is 10.4 Å². The summed E-state index contributed by atoms with van der Waals surface area (Å²) in [6, 6.07) is 6.91. The summed E-state index contributed by atoms with van der Waals surface area (Å²) in [4.78, 5) is 16.4. The highest BCUT2D eigenvalue weighted by molar-refractivity contribution is 5.88. The number of hydrogen-bond acceptors (Lipinski definition) is 4. The number of amides is 2. The van der Waals surface area contributed by atoms with Crippen LogP contribution in [0.15, 0.2) is 36.7 Å². The van der Waals surface area contributed by atoms with Gasteiger partial charge in [0.15, 0.2) is 0 Å². The van der Waals surface area contributed by atoms with Crippen LogP contribution in [0.3, 0.4) is 0 Å². The van der Waals surface area contributed by atoms with Gasteiger partial charge >= 0.3 is 6.03 Å². The van der Waals surface area contributed by atoms with Gasteiger partial charge in [-0.15, -0.1) is 0 Å². The number of hydrogen-bond donors (Lipinski definition) is 3. The van der Waals surface area contributed by atoms with Crippen molar-refractivity contribution in [2.75, 3.05) is 5.32 Å². The maximum atomic E-state index is 12.1. The Morgan fingerprint density at radius 3 is 2.91 bits per heavy atom. The average molecular weight is 315 g/mol. The number of nitrogens with zero attached hydrogens (tertiary/aromatic N) is 3. The van der Waals surface area contributed by atoms with Gasteiger partial charge in [0.1, 0.15) is 5.82 Å². The number of aliphatic hydroxyl groups excluding tert-OH is 1. The second-order valence-corrected chi connectivity index (χ2v) is 5.75. The lowest BCUT2D eigenvalue weighted by Gasteiger charge is -2.28. The Morgan fingerprint density at radius 2 is 2.13 bits per heavy atom. The van der Waals surface area contributed by atoms with Crippen molar-refractivity contribution in [3.05, 3.63) is 42.4 Å². The average Bonchev–Trinajstić information content (AvgIpc) is 2.97. The Kier molecular flexibility index (Phi) is 4.87. The molecule has 1 fully saturated rings. The SMILES string of the molecule is O=C(Nc1ccnn1Cc1ccccn1)NC1CCCCC1O. The van der Waals surface area contributed by atoms with E-state index in [0.717, 1.165) is 31.4 Å². The van der Waals surface area contributed by atoms with Crippen LogP contribution in [-0.4, -0.2) is 38.0 Å². The normalized spacial score (nSPS) is 20.9. The maximum Gasteiger partial charge on any atom is 0.320 e. The summed E-state index contributed by atoms with van der Waals surface area (Å²) in [6.07, 6.45) is 6.48. The molecule has 0 aromatic carbocycles. The zero-order valence-electron chi connectivity index (χ0n) is 12.9. The maximum absolute atomic E-state index is 12.1. The molecule has 3 N–H and O–H groups in total. The molecule has 0 bridgehead atoms. The summed E-state index contributed by atoms with van der Waals surface area (Å²) < 4.78 is 1.68. The highest BCUT2D eigenvalue weighted by Gasteiger charge is 2.24. The van der Waals surface area contributed by atoms with Crippen molar-refractivity contribution in [1.29, 1.82) is 0 Å². The lowest BCUT2D eigenvalue weighted by molar-refractivity contribution is 0.0955. The molecule has 1 aliphatic carbocycles. The second kappa shape index (κ2) is 7.23. The molecule has 0 saturated heterocycles. The van der Waals surface area contributed by atoms with E-state index >= 15 is 0 Å². The molecule has 2 amide bonds. The topological polar surface area (TPSA) is 92.1 Å². The summed E-state index contributed by atoms with van der Waals surface area (Å²) in [6.45, 7) is 0.482. The third-order valence-corrected chi connectivity index (χ3v) is 4.04. The number of anilines is 1. The van der Waals surface area contributed by atoms with Crippen LogP contribution in [0.25, 0.3) is 0 Å². The molecule has 7 nitrogen and oxygen atoms in total. The number of rotatable bonds is 4. The zero-order valence-corrected chi connectivity index (χ0v) is 12.9. The third kappa shape index (κ3) is 4.07. The zero-order chi connectivity index (χ0) is 16.1. The first-order valence-corrected chi connectivity index (χ1v) is 7.89. The minimum Gasteiger partial charge on any atom is -0.391 e. The van der Waals surface area contributed by atoms with Gasteiger partial charge in [-0.25, -0.2) is 9.48 Å². The van der Waals surface area contributed by atoms with Crippen molar-refractivity contribution in [2.45, 2.75) is 44.4 Å². The molecule has 7 heteroatoms. The summed E-state index contributed by atoms with van der Waals surface area (Å²) >= 11 is 0. The molecule has 0 spiro atoms. The van der Waals surface area contributed by atoms with Crippen LogP contribution in [-0.2, 0) is 6.54 Å². The van der Waals surface area contributed by atoms with Gasteiger partial charge in [0.05, 0.1) is 30.6 Å². The Bertz CT molecular complexity index is 643. The highest BCUT2D eigenvalue weighted by atomic mass is 16.3. The van der Waals surface area contributed by atoms with Gasteiger partial charge in [-0.1, -0.05) is 18.9 Å². The van der Waals surface area contributed by atoms with Crippen LogP contribution < -0.4 is 10.6 Å². The van der Waals surface area contributed by atoms with Gasteiger partial charge in [0, 0.05) is 12.3 Å². The van der Waals surface area contributed by atoms with E-state index in [4.69, 9.17) is 0 Å². The van der Waals surface area contributed by atoms with Gasteiger partial charge in [-0.2, -0.15) is 5.10 Å². The Labute approximate surface area is 134 Å². The number of pyridine rings is 1. The van der Waals surface area contributed by atoms with Gasteiger partial charge in [-0.05, 0) is 25.0 Å². The predicted octanol–water partition coefficient (Wildman–Crippen LogP) is 1.75. The summed E-state index contributed by atoms with van der Waals surface area (Å²) in [5.74, 6) is 0.596. The summed E-state index contributed by atoms with van der Waals surface area (Å²) in [5, 5.41) is 19.8. The van der Waals surface area contributed by atoms with E-state index in [2.05, 4.69) is 20.7 Å². The second-order valence-electron chi connectivity index (χ2n) is 5.75. The summed E-state index contributed by atoms with van der Waals surface area (Å²) in [5.41, 5.74) is 0.863. The molecule has 2 atom stereocenters. The van der Waals surface area contributed by atoms with Crippen molar-refractivity contribution >= 4 is 11.8 Å². The molecule has 23 heavy (non-hydrogen) atoms. The van der Waals surface area contributed by atoms with Crippen molar-refractivity contribution in [3.63, 3.8) is 0 Å². The van der Waals surface area contributed by atoms with E-state index in [9.17, 15) is 9.90 Å². The number of urea groups is 1. The first-order valence-electron chi connectivity index (χ1n) is 7.89.